The average molecular weight is 447 g/mol. The van der Waals surface area contributed by atoms with Crippen molar-refractivity contribution in [1.29, 1.82) is 0 Å². The number of halogens is 1. The van der Waals surface area contributed by atoms with E-state index in [9.17, 15) is 0 Å². The zero-order chi connectivity index (χ0) is 16.1. The van der Waals surface area contributed by atoms with Gasteiger partial charge in [0, 0.05) is 44.1 Å². The molecule has 1 N–H and O–H groups in total. The van der Waals surface area contributed by atoms with Crippen LogP contribution in [0.15, 0.2) is 4.99 Å². The summed E-state index contributed by atoms with van der Waals surface area (Å²) in [6, 6.07) is 0.511. The van der Waals surface area contributed by atoms with Crippen LogP contribution in [0.5, 0.6) is 0 Å². The third kappa shape index (κ3) is 2.97. The highest BCUT2D eigenvalue weighted by atomic mass is 127. The molecule has 4 rings (SSSR count). The third-order valence-electron chi connectivity index (χ3n) is 7.25. The molecular formula is C19H34IN3O. The molecule has 2 saturated heterocycles. The lowest BCUT2D eigenvalue weighted by Gasteiger charge is -2.55. The second-order valence-electron chi connectivity index (χ2n) is 8.97. The van der Waals surface area contributed by atoms with Crippen LogP contribution in [0.4, 0.5) is 0 Å². The summed E-state index contributed by atoms with van der Waals surface area (Å²) >= 11 is 0. The van der Waals surface area contributed by atoms with Crippen molar-refractivity contribution >= 4 is 29.9 Å². The molecule has 4 nitrogen and oxygen atoms in total. The van der Waals surface area contributed by atoms with Gasteiger partial charge in [-0.2, -0.15) is 0 Å². The first-order chi connectivity index (χ1) is 11.1. The van der Waals surface area contributed by atoms with Gasteiger partial charge < -0.3 is 15.0 Å². The lowest BCUT2D eigenvalue weighted by Crippen LogP contribution is -2.68. The maximum absolute atomic E-state index is 5.93. The Kier molecular flexibility index (Phi) is 5.41. The van der Waals surface area contributed by atoms with Crippen molar-refractivity contribution in [3.8, 4) is 0 Å². The van der Waals surface area contributed by atoms with Crippen molar-refractivity contribution in [3.63, 3.8) is 0 Å². The molecule has 1 spiro atoms. The Labute approximate surface area is 164 Å². The van der Waals surface area contributed by atoms with E-state index < -0.39 is 0 Å². The van der Waals surface area contributed by atoms with Crippen molar-refractivity contribution in [1.82, 2.24) is 10.2 Å². The van der Waals surface area contributed by atoms with Crippen LogP contribution in [0, 0.1) is 16.7 Å². The highest BCUT2D eigenvalue weighted by molar-refractivity contribution is 14.0. The minimum atomic E-state index is 0. The van der Waals surface area contributed by atoms with Gasteiger partial charge in [0.2, 0.25) is 0 Å². The standard InChI is InChI=1S/C19H33N3O.HI/c1-18(2)15(14-7-12-23-16(14)18)21-17(20-3)22-11-10-19(13-22)8-5-4-6-9-19;/h14-16H,4-13H2,1-3H3,(H,20,21);1H. The summed E-state index contributed by atoms with van der Waals surface area (Å²) in [5.74, 6) is 1.81. The minimum Gasteiger partial charge on any atom is -0.377 e. The van der Waals surface area contributed by atoms with Gasteiger partial charge in [-0.05, 0) is 31.1 Å². The summed E-state index contributed by atoms with van der Waals surface area (Å²) in [6.45, 7) is 8.01. The van der Waals surface area contributed by atoms with Gasteiger partial charge in [0.15, 0.2) is 5.96 Å². The fourth-order valence-corrected chi connectivity index (χ4v) is 5.88. The van der Waals surface area contributed by atoms with Crippen LogP contribution in [-0.2, 0) is 4.74 Å². The van der Waals surface area contributed by atoms with Crippen LogP contribution >= 0.6 is 24.0 Å². The number of hydrogen-bond acceptors (Lipinski definition) is 2. The average Bonchev–Trinajstić information content (AvgIpc) is 3.16. The molecule has 2 heterocycles. The minimum absolute atomic E-state index is 0. The number of hydrogen-bond donors (Lipinski definition) is 1. The van der Waals surface area contributed by atoms with Crippen LogP contribution < -0.4 is 5.32 Å². The van der Waals surface area contributed by atoms with Gasteiger partial charge in [-0.25, -0.2) is 0 Å². The van der Waals surface area contributed by atoms with Crippen molar-refractivity contribution in [2.45, 2.75) is 70.9 Å². The van der Waals surface area contributed by atoms with Crippen molar-refractivity contribution < 1.29 is 4.74 Å². The number of likely N-dealkylation sites (tertiary alicyclic amines) is 1. The SMILES string of the molecule is CN=C(NC1C2CCOC2C1(C)C)N1CCC2(CCCCC2)C1.I. The Morgan fingerprint density at radius 3 is 2.62 bits per heavy atom. The van der Waals surface area contributed by atoms with Crippen LogP contribution in [-0.4, -0.2) is 49.7 Å². The smallest absolute Gasteiger partial charge is 0.193 e. The van der Waals surface area contributed by atoms with Gasteiger partial charge in [0.25, 0.3) is 0 Å². The molecule has 4 fully saturated rings. The van der Waals surface area contributed by atoms with Crippen LogP contribution in [0.25, 0.3) is 0 Å². The molecule has 24 heavy (non-hydrogen) atoms. The first-order valence-corrected chi connectivity index (χ1v) is 9.66. The second-order valence-corrected chi connectivity index (χ2v) is 8.97. The fraction of sp³-hybridized carbons (Fsp3) is 0.947. The number of ether oxygens (including phenoxy) is 1. The van der Waals surface area contributed by atoms with Crippen molar-refractivity contribution in [2.24, 2.45) is 21.7 Å². The van der Waals surface area contributed by atoms with E-state index in [0.29, 0.717) is 23.5 Å². The quantitative estimate of drug-likeness (QED) is 0.379. The molecule has 138 valence electrons. The predicted molar refractivity (Wildman–Crippen MR) is 109 cm³/mol. The summed E-state index contributed by atoms with van der Waals surface area (Å²) in [5, 5.41) is 3.82. The summed E-state index contributed by atoms with van der Waals surface area (Å²) in [6.07, 6.45) is 10.1. The second kappa shape index (κ2) is 6.93. The van der Waals surface area contributed by atoms with Gasteiger partial charge >= 0.3 is 0 Å². The Morgan fingerprint density at radius 2 is 1.92 bits per heavy atom. The molecule has 3 unspecified atom stereocenters. The molecule has 4 aliphatic rings. The van der Waals surface area contributed by atoms with Gasteiger partial charge in [0.05, 0.1) is 6.10 Å². The predicted octanol–water partition coefficient (Wildman–Crippen LogP) is 3.65. The highest BCUT2D eigenvalue weighted by Gasteiger charge is 2.59. The summed E-state index contributed by atoms with van der Waals surface area (Å²) in [5.41, 5.74) is 0.809. The zero-order valence-corrected chi connectivity index (χ0v) is 17.8. The lowest BCUT2D eigenvalue weighted by atomic mass is 9.57. The number of guanidine groups is 1. The van der Waals surface area contributed by atoms with Crippen LogP contribution in [0.3, 0.4) is 0 Å². The first-order valence-electron chi connectivity index (χ1n) is 9.66. The third-order valence-corrected chi connectivity index (χ3v) is 7.25. The normalized spacial score (nSPS) is 36.9. The molecule has 0 bridgehead atoms. The van der Waals surface area contributed by atoms with E-state index >= 15 is 0 Å². The van der Waals surface area contributed by atoms with Crippen LogP contribution in [0.1, 0.15) is 58.8 Å². The van der Waals surface area contributed by atoms with E-state index in [1.807, 2.05) is 7.05 Å². The number of rotatable bonds is 1. The van der Waals surface area contributed by atoms with Gasteiger partial charge in [0.1, 0.15) is 0 Å². The van der Waals surface area contributed by atoms with E-state index in [1.54, 1.807) is 0 Å². The maximum Gasteiger partial charge on any atom is 0.193 e. The zero-order valence-electron chi connectivity index (χ0n) is 15.5. The van der Waals surface area contributed by atoms with E-state index in [1.165, 1.54) is 58.0 Å². The molecule has 0 radical (unpaired) electrons. The van der Waals surface area contributed by atoms with Crippen molar-refractivity contribution in [2.75, 3.05) is 26.7 Å². The number of aliphatic imine (C=N–C) groups is 1. The van der Waals surface area contributed by atoms with Gasteiger partial charge in [-0.15, -0.1) is 24.0 Å². The van der Waals surface area contributed by atoms with Crippen molar-refractivity contribution in [3.05, 3.63) is 0 Å². The number of fused-ring (bicyclic) bond motifs is 1. The van der Waals surface area contributed by atoms with Gasteiger partial charge in [-0.1, -0.05) is 33.1 Å². The van der Waals surface area contributed by atoms with E-state index in [-0.39, 0.29) is 29.4 Å². The summed E-state index contributed by atoms with van der Waals surface area (Å²) in [4.78, 5) is 7.17. The molecule has 0 aromatic heterocycles. The molecule has 3 atom stereocenters. The Bertz CT molecular complexity index is 487. The lowest BCUT2D eigenvalue weighted by molar-refractivity contribution is -0.107. The Morgan fingerprint density at radius 1 is 1.17 bits per heavy atom. The topological polar surface area (TPSA) is 36.9 Å². The molecule has 2 saturated carbocycles. The summed E-state index contributed by atoms with van der Waals surface area (Å²) in [7, 11) is 1.95. The first kappa shape index (κ1) is 18.7. The summed E-state index contributed by atoms with van der Waals surface area (Å²) < 4.78 is 5.93. The molecule has 0 amide bonds. The molecule has 2 aliphatic heterocycles. The Hall–Kier alpha value is -0.0400. The highest BCUT2D eigenvalue weighted by Crippen LogP contribution is 2.52. The maximum atomic E-state index is 5.93. The molecule has 5 heteroatoms. The monoisotopic (exact) mass is 447 g/mol. The van der Waals surface area contributed by atoms with E-state index in [4.69, 9.17) is 4.74 Å². The largest absolute Gasteiger partial charge is 0.377 e. The Balaban J connectivity index is 0.00000169. The number of nitrogens with zero attached hydrogens (tertiary/aromatic N) is 2. The van der Waals surface area contributed by atoms with E-state index in [2.05, 4.69) is 29.1 Å². The molecule has 0 aromatic rings. The molecular weight excluding hydrogens is 413 g/mol. The fourth-order valence-electron chi connectivity index (χ4n) is 5.88. The van der Waals surface area contributed by atoms with Gasteiger partial charge in [-0.3, -0.25) is 4.99 Å². The molecule has 0 aromatic carbocycles. The van der Waals surface area contributed by atoms with Crippen LogP contribution in [0.2, 0.25) is 0 Å². The number of nitrogens with one attached hydrogen (secondary N) is 1. The molecule has 2 aliphatic carbocycles. The van der Waals surface area contributed by atoms with E-state index in [0.717, 1.165) is 12.6 Å².